The fraction of sp³-hybridized carbons (Fsp3) is 0.333. The van der Waals surface area contributed by atoms with E-state index in [-0.39, 0.29) is 16.9 Å². The van der Waals surface area contributed by atoms with Gasteiger partial charge in [0.1, 0.15) is 0 Å². The molecular formula is C21H24N2O3. The first kappa shape index (κ1) is 18.1. The van der Waals surface area contributed by atoms with Crippen LogP contribution < -0.4 is 11.1 Å². The molecule has 0 radical (unpaired) electrons. The van der Waals surface area contributed by atoms with Crippen molar-refractivity contribution in [2.45, 2.75) is 44.6 Å². The Morgan fingerprint density at radius 3 is 2.19 bits per heavy atom. The number of fused-ring (bicyclic) bond motifs is 1. The van der Waals surface area contributed by atoms with Crippen molar-refractivity contribution in [2.24, 2.45) is 5.73 Å². The maximum atomic E-state index is 12.5. The van der Waals surface area contributed by atoms with Gasteiger partial charge in [-0.2, -0.15) is 0 Å². The molecule has 0 saturated carbocycles. The average Bonchev–Trinajstić information content (AvgIpc) is 2.59. The van der Waals surface area contributed by atoms with Gasteiger partial charge in [-0.1, -0.05) is 19.9 Å². The van der Waals surface area contributed by atoms with Crippen LogP contribution in [0.1, 0.15) is 65.5 Å². The lowest BCUT2D eigenvalue weighted by atomic mass is 9.66. The first-order valence-corrected chi connectivity index (χ1v) is 8.69. The van der Waals surface area contributed by atoms with Gasteiger partial charge in [-0.3, -0.25) is 4.79 Å². The van der Waals surface area contributed by atoms with Crippen molar-refractivity contribution in [3.63, 3.8) is 0 Å². The smallest absolute Gasteiger partial charge is 0.335 e. The van der Waals surface area contributed by atoms with Crippen LogP contribution in [-0.4, -0.2) is 17.0 Å². The number of aromatic carboxylic acids is 1. The summed E-state index contributed by atoms with van der Waals surface area (Å²) >= 11 is 0. The van der Waals surface area contributed by atoms with Gasteiger partial charge in [0.2, 0.25) is 0 Å². The Kier molecular flexibility index (Phi) is 4.36. The van der Waals surface area contributed by atoms with E-state index in [1.807, 2.05) is 25.1 Å². The minimum atomic E-state index is -1.02. The van der Waals surface area contributed by atoms with E-state index in [2.05, 4.69) is 19.2 Å². The summed E-state index contributed by atoms with van der Waals surface area (Å²) in [4.78, 5) is 23.4. The van der Waals surface area contributed by atoms with Crippen molar-refractivity contribution in [1.82, 2.24) is 0 Å². The first-order chi connectivity index (χ1) is 12.1. The molecule has 0 bridgehead atoms. The molecule has 4 N–H and O–H groups in total. The Labute approximate surface area is 153 Å². The van der Waals surface area contributed by atoms with E-state index in [9.17, 15) is 9.59 Å². The molecule has 0 fully saturated rings. The quantitative estimate of drug-likeness (QED) is 0.781. The lowest BCUT2D eigenvalue weighted by molar-refractivity contribution is 0.0696. The zero-order valence-corrected chi connectivity index (χ0v) is 15.3. The standard InChI is InChI=1S/C21H24N2O3/c1-20(2)10-11-21(3,22)17-12-15(8-9-16(17)20)23-18(24)13-4-6-14(7-5-13)19(25)26/h4-9,12H,10-11,22H2,1-3H3,(H,23,24)(H,25,26). The molecule has 1 aliphatic rings. The molecule has 0 spiro atoms. The molecule has 5 heteroatoms. The molecular weight excluding hydrogens is 328 g/mol. The van der Waals surface area contributed by atoms with Crippen molar-refractivity contribution in [1.29, 1.82) is 0 Å². The zero-order valence-electron chi connectivity index (χ0n) is 15.3. The van der Waals surface area contributed by atoms with Gasteiger partial charge in [-0.15, -0.1) is 0 Å². The molecule has 1 unspecified atom stereocenters. The fourth-order valence-electron chi connectivity index (χ4n) is 3.49. The van der Waals surface area contributed by atoms with Crippen LogP contribution in [0, 0.1) is 0 Å². The number of benzene rings is 2. The largest absolute Gasteiger partial charge is 0.478 e. The molecule has 2 aromatic rings. The number of carboxylic acid groups (broad SMARTS) is 1. The third-order valence-electron chi connectivity index (χ3n) is 5.29. The second kappa shape index (κ2) is 6.25. The Morgan fingerprint density at radius 2 is 1.58 bits per heavy atom. The van der Waals surface area contributed by atoms with Crippen LogP contribution in [0.5, 0.6) is 0 Å². The van der Waals surface area contributed by atoms with Crippen molar-refractivity contribution in [2.75, 3.05) is 5.32 Å². The highest BCUT2D eigenvalue weighted by Crippen LogP contribution is 2.44. The SMILES string of the molecule is CC1(C)CCC(C)(N)c2cc(NC(=O)c3ccc(C(=O)O)cc3)ccc21. The number of rotatable bonds is 3. The zero-order chi connectivity index (χ0) is 19.1. The maximum absolute atomic E-state index is 12.5. The van der Waals surface area contributed by atoms with E-state index in [0.717, 1.165) is 18.4 Å². The lowest BCUT2D eigenvalue weighted by Gasteiger charge is -2.41. The molecule has 1 atom stereocenters. The Bertz CT molecular complexity index is 867. The number of hydrogen-bond donors (Lipinski definition) is 3. The summed E-state index contributed by atoms with van der Waals surface area (Å²) in [7, 11) is 0. The van der Waals surface area contributed by atoms with E-state index in [4.69, 9.17) is 10.8 Å². The summed E-state index contributed by atoms with van der Waals surface area (Å²) in [6, 6.07) is 11.8. The number of anilines is 1. The van der Waals surface area contributed by atoms with Crippen LogP contribution in [0.3, 0.4) is 0 Å². The number of carbonyl (C=O) groups excluding carboxylic acids is 1. The lowest BCUT2D eigenvalue weighted by Crippen LogP contribution is -2.42. The van der Waals surface area contributed by atoms with Gasteiger partial charge < -0.3 is 16.2 Å². The van der Waals surface area contributed by atoms with Gasteiger partial charge in [0, 0.05) is 16.8 Å². The molecule has 0 aromatic heterocycles. The summed E-state index contributed by atoms with van der Waals surface area (Å²) < 4.78 is 0. The van der Waals surface area contributed by atoms with Gasteiger partial charge in [0.15, 0.2) is 0 Å². The van der Waals surface area contributed by atoms with E-state index in [1.165, 1.54) is 29.8 Å². The van der Waals surface area contributed by atoms with Gasteiger partial charge in [-0.05, 0) is 72.7 Å². The van der Waals surface area contributed by atoms with Crippen LogP contribution in [0.4, 0.5) is 5.69 Å². The summed E-state index contributed by atoms with van der Waals surface area (Å²) in [5.41, 5.74) is 9.66. The molecule has 1 amide bonds. The predicted octanol–water partition coefficient (Wildman–Crippen LogP) is 3.88. The van der Waals surface area contributed by atoms with E-state index < -0.39 is 11.5 Å². The summed E-state index contributed by atoms with van der Waals surface area (Å²) in [5, 5.41) is 11.8. The molecule has 5 nitrogen and oxygen atoms in total. The van der Waals surface area contributed by atoms with Crippen molar-refractivity contribution in [3.05, 3.63) is 64.7 Å². The highest BCUT2D eigenvalue weighted by atomic mass is 16.4. The number of hydrogen-bond acceptors (Lipinski definition) is 3. The third kappa shape index (κ3) is 3.35. The summed E-state index contributed by atoms with van der Waals surface area (Å²) in [6.07, 6.45) is 1.91. The monoisotopic (exact) mass is 352 g/mol. The second-order valence-corrected chi connectivity index (χ2v) is 7.90. The summed E-state index contributed by atoms with van der Waals surface area (Å²) in [5.74, 6) is -1.30. The molecule has 2 aromatic carbocycles. The number of carbonyl (C=O) groups is 2. The fourth-order valence-corrected chi connectivity index (χ4v) is 3.49. The average molecular weight is 352 g/mol. The number of amides is 1. The first-order valence-electron chi connectivity index (χ1n) is 8.69. The Hall–Kier alpha value is -2.66. The molecule has 1 aliphatic carbocycles. The molecule has 0 saturated heterocycles. The van der Waals surface area contributed by atoms with E-state index in [0.29, 0.717) is 11.3 Å². The highest BCUT2D eigenvalue weighted by Gasteiger charge is 2.37. The molecule has 3 rings (SSSR count). The van der Waals surface area contributed by atoms with Crippen LogP contribution in [0.2, 0.25) is 0 Å². The van der Waals surface area contributed by atoms with Gasteiger partial charge in [0.05, 0.1) is 5.56 Å². The Morgan fingerprint density at radius 1 is 0.962 bits per heavy atom. The van der Waals surface area contributed by atoms with Crippen LogP contribution in [-0.2, 0) is 11.0 Å². The summed E-state index contributed by atoms with van der Waals surface area (Å²) in [6.45, 7) is 6.45. The number of carboxylic acids is 1. The van der Waals surface area contributed by atoms with Crippen molar-refractivity contribution >= 4 is 17.6 Å². The predicted molar refractivity (Wildman–Crippen MR) is 102 cm³/mol. The van der Waals surface area contributed by atoms with E-state index >= 15 is 0 Å². The normalized spacial score (nSPS) is 20.9. The molecule has 136 valence electrons. The Balaban J connectivity index is 1.87. The van der Waals surface area contributed by atoms with Gasteiger partial charge >= 0.3 is 5.97 Å². The maximum Gasteiger partial charge on any atom is 0.335 e. The minimum absolute atomic E-state index is 0.0589. The van der Waals surface area contributed by atoms with Gasteiger partial charge in [0.25, 0.3) is 5.91 Å². The van der Waals surface area contributed by atoms with Crippen molar-refractivity contribution in [3.8, 4) is 0 Å². The molecule has 0 heterocycles. The number of nitrogens with one attached hydrogen (secondary N) is 1. The highest BCUT2D eigenvalue weighted by molar-refractivity contribution is 6.04. The second-order valence-electron chi connectivity index (χ2n) is 7.90. The number of nitrogens with two attached hydrogens (primary N) is 1. The minimum Gasteiger partial charge on any atom is -0.478 e. The molecule has 26 heavy (non-hydrogen) atoms. The van der Waals surface area contributed by atoms with Crippen LogP contribution in [0.15, 0.2) is 42.5 Å². The third-order valence-corrected chi connectivity index (χ3v) is 5.29. The van der Waals surface area contributed by atoms with E-state index in [1.54, 1.807) is 0 Å². The topological polar surface area (TPSA) is 92.4 Å². The molecule has 0 aliphatic heterocycles. The van der Waals surface area contributed by atoms with Crippen LogP contribution in [0.25, 0.3) is 0 Å². The van der Waals surface area contributed by atoms with Crippen molar-refractivity contribution < 1.29 is 14.7 Å². The van der Waals surface area contributed by atoms with Gasteiger partial charge in [-0.25, -0.2) is 4.79 Å². The van der Waals surface area contributed by atoms with Crippen LogP contribution >= 0.6 is 0 Å².